The molecule has 3 rings (SSSR count). The third-order valence-electron chi connectivity index (χ3n) is 4.75. The molecule has 2 N–H and O–H groups in total. The highest BCUT2D eigenvalue weighted by atomic mass is 16.3. The van der Waals surface area contributed by atoms with Gasteiger partial charge in [-0.25, -0.2) is 0 Å². The Balaban J connectivity index is 1.69. The Hall–Kier alpha value is -1.10. The molecule has 2 aliphatic heterocycles. The second-order valence-corrected chi connectivity index (χ2v) is 6.17. The standard InChI is InChI=1S/C13H20N2O3/c16-10-7-12(8-14-10)5-6-15(9-12)11(17)13(18)3-1-2-4-13/h18H,1-9H2,(H,14,16)/t12-/m0/s1. The van der Waals surface area contributed by atoms with Crippen LogP contribution in [0.5, 0.6) is 0 Å². The summed E-state index contributed by atoms with van der Waals surface area (Å²) >= 11 is 0. The van der Waals surface area contributed by atoms with Crippen LogP contribution in [0, 0.1) is 5.41 Å². The number of hydrogen-bond donors (Lipinski definition) is 2. The predicted molar refractivity (Wildman–Crippen MR) is 64.7 cm³/mol. The third-order valence-corrected chi connectivity index (χ3v) is 4.75. The number of amides is 2. The van der Waals surface area contributed by atoms with E-state index < -0.39 is 5.60 Å². The number of hydrogen-bond acceptors (Lipinski definition) is 3. The van der Waals surface area contributed by atoms with E-state index in [0.717, 1.165) is 19.3 Å². The second kappa shape index (κ2) is 3.95. The van der Waals surface area contributed by atoms with Crippen LogP contribution in [-0.2, 0) is 9.59 Å². The Labute approximate surface area is 107 Å². The van der Waals surface area contributed by atoms with Gasteiger partial charge in [0.05, 0.1) is 0 Å². The highest BCUT2D eigenvalue weighted by Crippen LogP contribution is 2.39. The van der Waals surface area contributed by atoms with Crippen molar-refractivity contribution in [3.05, 3.63) is 0 Å². The number of aliphatic hydroxyl groups is 1. The number of nitrogens with zero attached hydrogens (tertiary/aromatic N) is 1. The maximum Gasteiger partial charge on any atom is 0.254 e. The summed E-state index contributed by atoms with van der Waals surface area (Å²) in [6.07, 6.45) is 4.43. The van der Waals surface area contributed by atoms with E-state index in [2.05, 4.69) is 5.32 Å². The van der Waals surface area contributed by atoms with Crippen molar-refractivity contribution in [2.45, 2.75) is 44.1 Å². The molecule has 2 heterocycles. The molecule has 5 nitrogen and oxygen atoms in total. The first kappa shape index (κ1) is 12.0. The van der Waals surface area contributed by atoms with Gasteiger partial charge in [0.25, 0.3) is 5.91 Å². The number of likely N-dealkylation sites (tertiary alicyclic amines) is 1. The van der Waals surface area contributed by atoms with Gasteiger partial charge in [0.2, 0.25) is 5.91 Å². The fraction of sp³-hybridized carbons (Fsp3) is 0.846. The minimum absolute atomic E-state index is 0.0678. The molecule has 5 heteroatoms. The van der Waals surface area contributed by atoms with Crippen LogP contribution >= 0.6 is 0 Å². The normalized spacial score (nSPS) is 34.3. The van der Waals surface area contributed by atoms with Crippen molar-refractivity contribution in [2.24, 2.45) is 5.41 Å². The average molecular weight is 252 g/mol. The average Bonchev–Trinajstić information content (AvgIpc) is 3.02. The highest BCUT2D eigenvalue weighted by molar-refractivity contribution is 5.86. The Bertz CT molecular complexity index is 390. The first-order valence-electron chi connectivity index (χ1n) is 6.82. The lowest BCUT2D eigenvalue weighted by Crippen LogP contribution is -2.47. The first-order valence-corrected chi connectivity index (χ1v) is 6.82. The molecule has 100 valence electrons. The Morgan fingerprint density at radius 3 is 2.61 bits per heavy atom. The first-order chi connectivity index (χ1) is 8.53. The van der Waals surface area contributed by atoms with Crippen molar-refractivity contribution in [3.63, 3.8) is 0 Å². The largest absolute Gasteiger partial charge is 0.380 e. The van der Waals surface area contributed by atoms with E-state index in [1.165, 1.54) is 0 Å². The molecule has 2 amide bonds. The van der Waals surface area contributed by atoms with Gasteiger partial charge < -0.3 is 15.3 Å². The maximum absolute atomic E-state index is 12.4. The molecule has 18 heavy (non-hydrogen) atoms. The van der Waals surface area contributed by atoms with E-state index in [0.29, 0.717) is 38.9 Å². The molecule has 0 bridgehead atoms. The van der Waals surface area contributed by atoms with Crippen molar-refractivity contribution >= 4 is 11.8 Å². The van der Waals surface area contributed by atoms with Crippen LogP contribution in [0.4, 0.5) is 0 Å². The lowest BCUT2D eigenvalue weighted by molar-refractivity contribution is -0.150. The van der Waals surface area contributed by atoms with Gasteiger partial charge in [-0.3, -0.25) is 9.59 Å². The molecule has 0 aromatic rings. The minimum Gasteiger partial charge on any atom is -0.380 e. The van der Waals surface area contributed by atoms with E-state index in [4.69, 9.17) is 0 Å². The number of rotatable bonds is 1. The SMILES string of the molecule is O=C1C[C@@]2(CCN(C(=O)C3(O)CCCC3)C2)CN1. The quantitative estimate of drug-likeness (QED) is 0.692. The van der Waals surface area contributed by atoms with Crippen molar-refractivity contribution in [3.8, 4) is 0 Å². The molecular formula is C13H20N2O3. The molecule has 0 aromatic carbocycles. The van der Waals surface area contributed by atoms with Gasteiger partial charge >= 0.3 is 0 Å². The van der Waals surface area contributed by atoms with Crippen LogP contribution in [0.15, 0.2) is 0 Å². The summed E-state index contributed by atoms with van der Waals surface area (Å²) in [5, 5.41) is 13.2. The Morgan fingerprint density at radius 2 is 2.00 bits per heavy atom. The van der Waals surface area contributed by atoms with Crippen molar-refractivity contribution < 1.29 is 14.7 Å². The Kier molecular flexibility index (Phi) is 2.62. The zero-order chi connectivity index (χ0) is 12.8. The summed E-state index contributed by atoms with van der Waals surface area (Å²) in [5.41, 5.74) is -1.19. The van der Waals surface area contributed by atoms with E-state index in [9.17, 15) is 14.7 Å². The van der Waals surface area contributed by atoms with E-state index in [-0.39, 0.29) is 17.2 Å². The zero-order valence-corrected chi connectivity index (χ0v) is 10.6. The van der Waals surface area contributed by atoms with Gasteiger partial charge in [0.1, 0.15) is 5.60 Å². The smallest absolute Gasteiger partial charge is 0.254 e. The van der Waals surface area contributed by atoms with E-state index >= 15 is 0 Å². The fourth-order valence-electron chi connectivity index (χ4n) is 3.62. The van der Waals surface area contributed by atoms with Crippen molar-refractivity contribution in [2.75, 3.05) is 19.6 Å². The van der Waals surface area contributed by atoms with Gasteiger partial charge in [-0.15, -0.1) is 0 Å². The van der Waals surface area contributed by atoms with Crippen molar-refractivity contribution in [1.29, 1.82) is 0 Å². The molecule has 0 radical (unpaired) electrons. The number of carbonyl (C=O) groups excluding carboxylic acids is 2. The second-order valence-electron chi connectivity index (χ2n) is 6.17. The molecule has 2 saturated heterocycles. The van der Waals surface area contributed by atoms with E-state index in [1.54, 1.807) is 4.90 Å². The van der Waals surface area contributed by atoms with Crippen LogP contribution in [0.25, 0.3) is 0 Å². The summed E-state index contributed by atoms with van der Waals surface area (Å²) in [6.45, 7) is 1.97. The molecule has 0 aromatic heterocycles. The molecule has 0 unspecified atom stereocenters. The highest BCUT2D eigenvalue weighted by Gasteiger charge is 2.49. The summed E-state index contributed by atoms with van der Waals surface area (Å²) in [5.74, 6) is -0.0277. The molecule has 1 aliphatic carbocycles. The molecule has 1 saturated carbocycles. The lowest BCUT2D eigenvalue weighted by Gasteiger charge is -2.29. The van der Waals surface area contributed by atoms with Gasteiger partial charge in [-0.1, -0.05) is 0 Å². The van der Waals surface area contributed by atoms with Crippen molar-refractivity contribution in [1.82, 2.24) is 10.2 Å². The van der Waals surface area contributed by atoms with Crippen LogP contribution in [0.1, 0.15) is 38.5 Å². The van der Waals surface area contributed by atoms with Gasteiger partial charge in [-0.05, 0) is 32.1 Å². The van der Waals surface area contributed by atoms with Crippen LogP contribution in [0.3, 0.4) is 0 Å². The summed E-state index contributed by atoms with van der Waals surface area (Å²) in [7, 11) is 0. The predicted octanol–water partition coefficient (Wildman–Crippen LogP) is 0.0301. The van der Waals surface area contributed by atoms with E-state index in [1.807, 2.05) is 0 Å². The zero-order valence-electron chi connectivity index (χ0n) is 10.6. The number of carbonyl (C=O) groups is 2. The topological polar surface area (TPSA) is 69.6 Å². The van der Waals surface area contributed by atoms with Crippen LogP contribution in [0.2, 0.25) is 0 Å². The number of nitrogens with one attached hydrogen (secondary N) is 1. The van der Waals surface area contributed by atoms with Crippen LogP contribution < -0.4 is 5.32 Å². The van der Waals surface area contributed by atoms with Gasteiger partial charge in [-0.2, -0.15) is 0 Å². The molecular weight excluding hydrogens is 232 g/mol. The Morgan fingerprint density at radius 1 is 1.28 bits per heavy atom. The molecule has 3 aliphatic rings. The van der Waals surface area contributed by atoms with Gasteiger partial charge in [0, 0.05) is 31.5 Å². The summed E-state index contributed by atoms with van der Waals surface area (Å²) in [4.78, 5) is 25.5. The fourth-order valence-corrected chi connectivity index (χ4v) is 3.62. The summed E-state index contributed by atoms with van der Waals surface area (Å²) < 4.78 is 0. The molecule has 1 spiro atoms. The molecule has 1 atom stereocenters. The lowest BCUT2D eigenvalue weighted by atomic mass is 9.86. The van der Waals surface area contributed by atoms with Crippen LogP contribution in [-0.4, -0.2) is 47.1 Å². The monoisotopic (exact) mass is 252 g/mol. The minimum atomic E-state index is -1.12. The summed E-state index contributed by atoms with van der Waals surface area (Å²) in [6, 6.07) is 0. The molecule has 3 fully saturated rings. The maximum atomic E-state index is 12.4. The van der Waals surface area contributed by atoms with Gasteiger partial charge in [0.15, 0.2) is 0 Å². The third kappa shape index (κ3) is 1.81.